The molecule has 0 atom stereocenters. The number of thioether (sulfide) groups is 1. The Morgan fingerprint density at radius 1 is 0.889 bits per heavy atom. The molecule has 1 amide bonds. The molecule has 0 bridgehead atoms. The highest BCUT2D eigenvalue weighted by Gasteiger charge is 2.17. The summed E-state index contributed by atoms with van der Waals surface area (Å²) >= 11 is 1.35. The summed E-state index contributed by atoms with van der Waals surface area (Å²) in [5.74, 6) is 1.62. The Balaban J connectivity index is 1.24. The lowest BCUT2D eigenvalue weighted by atomic mass is 10.2. The van der Waals surface area contributed by atoms with E-state index in [4.69, 9.17) is 4.74 Å². The molecular formula is C27H24N6O2S. The van der Waals surface area contributed by atoms with E-state index in [2.05, 4.69) is 20.6 Å². The molecule has 180 valence electrons. The summed E-state index contributed by atoms with van der Waals surface area (Å²) in [6.45, 7) is 0.336. The number of benzene rings is 3. The molecule has 0 aliphatic heterocycles. The average molecular weight is 497 g/mol. The molecule has 5 rings (SSSR count). The molecular weight excluding hydrogens is 472 g/mol. The van der Waals surface area contributed by atoms with E-state index in [1.54, 1.807) is 11.8 Å². The van der Waals surface area contributed by atoms with E-state index >= 15 is 0 Å². The highest BCUT2D eigenvalue weighted by atomic mass is 32.2. The predicted molar refractivity (Wildman–Crippen MR) is 139 cm³/mol. The number of nitrogens with zero attached hydrogens (tertiary/aromatic N) is 5. The van der Waals surface area contributed by atoms with Gasteiger partial charge in [0, 0.05) is 17.4 Å². The fourth-order valence-corrected chi connectivity index (χ4v) is 4.43. The number of hydrogen-bond donors (Lipinski definition) is 1. The molecule has 0 aliphatic carbocycles. The van der Waals surface area contributed by atoms with Crippen molar-refractivity contribution in [1.82, 2.24) is 29.9 Å². The summed E-state index contributed by atoms with van der Waals surface area (Å²) in [6, 6.07) is 29.3. The van der Waals surface area contributed by atoms with Gasteiger partial charge in [0.1, 0.15) is 5.75 Å². The number of carbonyl (C=O) groups is 1. The van der Waals surface area contributed by atoms with Gasteiger partial charge in [0.15, 0.2) is 11.0 Å². The van der Waals surface area contributed by atoms with E-state index in [9.17, 15) is 4.79 Å². The number of carbonyl (C=O) groups excluding carboxylic acids is 1. The monoisotopic (exact) mass is 496 g/mol. The minimum atomic E-state index is -0.108. The van der Waals surface area contributed by atoms with Gasteiger partial charge in [-0.05, 0) is 42.5 Å². The summed E-state index contributed by atoms with van der Waals surface area (Å²) in [5.41, 5.74) is 3.58. The van der Waals surface area contributed by atoms with Gasteiger partial charge in [-0.2, -0.15) is 5.10 Å². The highest BCUT2D eigenvalue weighted by Crippen LogP contribution is 2.27. The van der Waals surface area contributed by atoms with Crippen molar-refractivity contribution in [3.05, 3.63) is 103 Å². The van der Waals surface area contributed by atoms with Gasteiger partial charge in [0.25, 0.3) is 0 Å². The van der Waals surface area contributed by atoms with Gasteiger partial charge >= 0.3 is 0 Å². The summed E-state index contributed by atoms with van der Waals surface area (Å²) in [4.78, 5) is 12.6. The number of amides is 1. The van der Waals surface area contributed by atoms with Gasteiger partial charge < -0.3 is 10.1 Å². The van der Waals surface area contributed by atoms with E-state index in [0.29, 0.717) is 11.7 Å². The second-order valence-electron chi connectivity index (χ2n) is 7.86. The zero-order valence-electron chi connectivity index (χ0n) is 19.6. The van der Waals surface area contributed by atoms with Crippen LogP contribution < -0.4 is 10.1 Å². The van der Waals surface area contributed by atoms with Gasteiger partial charge in [-0.1, -0.05) is 60.3 Å². The molecule has 0 aliphatic rings. The molecule has 0 unspecified atom stereocenters. The van der Waals surface area contributed by atoms with Crippen LogP contribution >= 0.6 is 11.8 Å². The van der Waals surface area contributed by atoms with Crippen LogP contribution in [-0.4, -0.2) is 43.3 Å². The Morgan fingerprint density at radius 2 is 1.61 bits per heavy atom. The van der Waals surface area contributed by atoms with E-state index in [1.807, 2.05) is 102 Å². The van der Waals surface area contributed by atoms with Crippen LogP contribution in [0.5, 0.6) is 5.75 Å². The van der Waals surface area contributed by atoms with Crippen molar-refractivity contribution < 1.29 is 9.53 Å². The van der Waals surface area contributed by atoms with Crippen LogP contribution in [-0.2, 0) is 11.3 Å². The number of rotatable bonds is 9. The summed E-state index contributed by atoms with van der Waals surface area (Å²) in [5, 5.41) is 16.9. The number of aromatic nitrogens is 5. The van der Waals surface area contributed by atoms with Crippen LogP contribution in [0, 0.1) is 0 Å². The Bertz CT molecular complexity index is 1430. The second-order valence-corrected chi connectivity index (χ2v) is 8.80. The van der Waals surface area contributed by atoms with Crippen LogP contribution in [0.15, 0.2) is 102 Å². The molecule has 2 aromatic heterocycles. The van der Waals surface area contributed by atoms with Gasteiger partial charge in [-0.25, -0.2) is 4.68 Å². The van der Waals surface area contributed by atoms with Crippen molar-refractivity contribution in [2.45, 2.75) is 11.7 Å². The Kier molecular flexibility index (Phi) is 7.09. The van der Waals surface area contributed by atoms with Gasteiger partial charge in [-0.15, -0.1) is 10.2 Å². The molecule has 0 saturated heterocycles. The molecule has 8 nitrogen and oxygen atoms in total. The van der Waals surface area contributed by atoms with Crippen molar-refractivity contribution >= 4 is 17.7 Å². The maximum atomic E-state index is 12.6. The highest BCUT2D eigenvalue weighted by molar-refractivity contribution is 7.99. The Morgan fingerprint density at radius 3 is 2.33 bits per heavy atom. The second kappa shape index (κ2) is 10.9. The lowest BCUT2D eigenvalue weighted by Crippen LogP contribution is -2.25. The Hall–Kier alpha value is -4.37. The van der Waals surface area contributed by atoms with E-state index < -0.39 is 0 Å². The lowest BCUT2D eigenvalue weighted by molar-refractivity contribution is -0.118. The predicted octanol–water partition coefficient (Wildman–Crippen LogP) is 4.54. The quantitative estimate of drug-likeness (QED) is 0.302. The molecule has 0 fully saturated rings. The largest absolute Gasteiger partial charge is 0.497 e. The van der Waals surface area contributed by atoms with Crippen molar-refractivity contribution in [3.63, 3.8) is 0 Å². The molecule has 36 heavy (non-hydrogen) atoms. The van der Waals surface area contributed by atoms with Crippen LogP contribution in [0.3, 0.4) is 0 Å². The van der Waals surface area contributed by atoms with Gasteiger partial charge in [0.05, 0.1) is 30.8 Å². The van der Waals surface area contributed by atoms with E-state index in [1.165, 1.54) is 11.8 Å². The first-order valence-electron chi connectivity index (χ1n) is 11.4. The molecule has 0 radical (unpaired) electrons. The van der Waals surface area contributed by atoms with Crippen molar-refractivity contribution in [3.8, 4) is 28.5 Å². The molecule has 0 spiro atoms. The molecule has 5 aromatic rings. The zero-order valence-corrected chi connectivity index (χ0v) is 20.4. The average Bonchev–Trinajstić information content (AvgIpc) is 3.59. The van der Waals surface area contributed by atoms with Gasteiger partial charge in [-0.3, -0.25) is 9.36 Å². The van der Waals surface area contributed by atoms with E-state index in [-0.39, 0.29) is 11.7 Å². The normalized spacial score (nSPS) is 10.8. The summed E-state index contributed by atoms with van der Waals surface area (Å²) in [6.07, 6.45) is 1.87. The summed E-state index contributed by atoms with van der Waals surface area (Å²) < 4.78 is 8.94. The first-order valence-corrected chi connectivity index (χ1v) is 12.3. The maximum Gasteiger partial charge on any atom is 0.230 e. The first kappa shape index (κ1) is 23.4. The maximum absolute atomic E-state index is 12.6. The lowest BCUT2D eigenvalue weighted by Gasteiger charge is -2.10. The fourth-order valence-electron chi connectivity index (χ4n) is 3.65. The van der Waals surface area contributed by atoms with Crippen molar-refractivity contribution in [2.24, 2.45) is 0 Å². The minimum absolute atomic E-state index is 0.108. The Labute approximate surface area is 213 Å². The molecule has 0 saturated carbocycles. The third kappa shape index (κ3) is 5.31. The van der Waals surface area contributed by atoms with Crippen LogP contribution in [0.4, 0.5) is 0 Å². The number of ether oxygens (including phenoxy) is 1. The molecule has 2 heterocycles. The SMILES string of the molecule is COc1ccc(-n2ccc(CNC(=O)CSc3nnc(-c4ccccc4)n3-c3ccccc3)n2)cc1. The third-order valence-electron chi connectivity index (χ3n) is 5.46. The number of hydrogen-bond acceptors (Lipinski definition) is 6. The smallest absolute Gasteiger partial charge is 0.230 e. The number of nitrogens with one attached hydrogen (secondary N) is 1. The van der Waals surface area contributed by atoms with Crippen LogP contribution in [0.25, 0.3) is 22.8 Å². The minimum Gasteiger partial charge on any atom is -0.497 e. The first-order chi connectivity index (χ1) is 17.7. The zero-order chi connectivity index (χ0) is 24.7. The van der Waals surface area contributed by atoms with E-state index in [0.717, 1.165) is 34.2 Å². The van der Waals surface area contributed by atoms with Crippen LogP contribution in [0.1, 0.15) is 5.69 Å². The molecule has 9 heteroatoms. The fraction of sp³-hybridized carbons (Fsp3) is 0.111. The van der Waals surface area contributed by atoms with Gasteiger partial charge in [0.2, 0.25) is 5.91 Å². The molecule has 1 N–H and O–H groups in total. The third-order valence-corrected chi connectivity index (χ3v) is 6.39. The van der Waals surface area contributed by atoms with Crippen molar-refractivity contribution in [1.29, 1.82) is 0 Å². The summed E-state index contributed by atoms with van der Waals surface area (Å²) in [7, 11) is 1.63. The topological polar surface area (TPSA) is 86.9 Å². The number of methoxy groups -OCH3 is 1. The molecule has 3 aromatic carbocycles. The van der Waals surface area contributed by atoms with Crippen LogP contribution in [0.2, 0.25) is 0 Å². The standard InChI is InChI=1S/C27H24N6O2S/c1-35-24-14-12-22(13-15-24)32-17-16-21(31-32)18-28-25(34)19-36-27-30-29-26(20-8-4-2-5-9-20)33(27)23-10-6-3-7-11-23/h2-17H,18-19H2,1H3,(H,28,34). The number of para-hydroxylation sites is 1. The van der Waals surface area contributed by atoms with Crippen molar-refractivity contribution in [2.75, 3.05) is 12.9 Å².